The third-order valence-electron chi connectivity index (χ3n) is 2.80. The van der Waals surface area contributed by atoms with E-state index >= 15 is 0 Å². The van der Waals surface area contributed by atoms with Crippen LogP contribution in [0.15, 0.2) is 36.4 Å². The van der Waals surface area contributed by atoms with E-state index in [1.165, 1.54) is 18.2 Å². The molecule has 0 saturated heterocycles. The minimum absolute atomic E-state index is 0.0218. The highest BCUT2D eigenvalue weighted by Gasteiger charge is 2.09. The summed E-state index contributed by atoms with van der Waals surface area (Å²) in [5, 5.41) is 18.6. The summed E-state index contributed by atoms with van der Waals surface area (Å²) >= 11 is 5.94. The molecule has 102 valence electrons. The van der Waals surface area contributed by atoms with E-state index in [-0.39, 0.29) is 13.2 Å². The van der Waals surface area contributed by atoms with E-state index in [0.29, 0.717) is 27.5 Å². The predicted molar refractivity (Wildman–Crippen MR) is 72.8 cm³/mol. The van der Waals surface area contributed by atoms with Crippen LogP contribution in [0.25, 0.3) is 0 Å². The molecule has 0 unspecified atom stereocenters. The number of rotatable bonds is 4. The number of benzene rings is 2. The van der Waals surface area contributed by atoms with E-state index in [2.05, 4.69) is 0 Å². The van der Waals surface area contributed by atoms with Crippen molar-refractivity contribution in [1.29, 1.82) is 5.26 Å². The standard InChI is InChI=1S/C15H11ClFNO2/c16-14-2-1-3-15(13(14)8-19)20-9-11-6-12(17)5-4-10(11)7-18/h1-6,19H,8-9H2. The zero-order valence-corrected chi connectivity index (χ0v) is 11.2. The van der Waals surface area contributed by atoms with Gasteiger partial charge in [0.2, 0.25) is 0 Å². The van der Waals surface area contributed by atoms with E-state index < -0.39 is 5.82 Å². The van der Waals surface area contributed by atoms with Crippen molar-refractivity contribution >= 4 is 11.6 Å². The molecule has 0 aliphatic heterocycles. The summed E-state index contributed by atoms with van der Waals surface area (Å²) in [6.45, 7) is -0.239. The van der Waals surface area contributed by atoms with Gasteiger partial charge in [0.25, 0.3) is 0 Å². The number of hydrogen-bond donors (Lipinski definition) is 1. The Kier molecular flexibility index (Phi) is 4.57. The molecule has 2 rings (SSSR count). The molecular formula is C15H11ClFNO2. The zero-order chi connectivity index (χ0) is 14.5. The SMILES string of the molecule is N#Cc1ccc(F)cc1COc1cccc(Cl)c1CO. The summed E-state index contributed by atoms with van der Waals surface area (Å²) in [5.74, 6) is -0.0239. The molecule has 0 atom stereocenters. The van der Waals surface area contributed by atoms with Crippen LogP contribution in [0.1, 0.15) is 16.7 Å². The monoisotopic (exact) mass is 291 g/mol. The number of halogens is 2. The van der Waals surface area contributed by atoms with Crippen molar-refractivity contribution in [3.8, 4) is 11.8 Å². The number of nitrogens with zero attached hydrogens (tertiary/aromatic N) is 1. The molecule has 0 fully saturated rings. The van der Waals surface area contributed by atoms with Gasteiger partial charge in [-0.1, -0.05) is 17.7 Å². The van der Waals surface area contributed by atoms with Crippen LogP contribution in [-0.2, 0) is 13.2 Å². The summed E-state index contributed by atoms with van der Waals surface area (Å²) in [6, 6.07) is 10.8. The van der Waals surface area contributed by atoms with Crippen LogP contribution in [0.4, 0.5) is 4.39 Å². The summed E-state index contributed by atoms with van der Waals surface area (Å²) in [5.41, 5.74) is 1.25. The first-order chi connectivity index (χ1) is 9.65. The fourth-order valence-electron chi connectivity index (χ4n) is 1.77. The van der Waals surface area contributed by atoms with Gasteiger partial charge in [-0.3, -0.25) is 0 Å². The molecule has 5 heteroatoms. The maximum Gasteiger partial charge on any atom is 0.126 e. The van der Waals surface area contributed by atoms with Crippen LogP contribution < -0.4 is 4.74 Å². The van der Waals surface area contributed by atoms with Gasteiger partial charge >= 0.3 is 0 Å². The molecule has 0 aromatic heterocycles. The Morgan fingerprint density at radius 2 is 2.10 bits per heavy atom. The predicted octanol–water partition coefficient (Wildman–Crippen LogP) is 3.42. The molecule has 0 saturated carbocycles. The Morgan fingerprint density at radius 3 is 2.80 bits per heavy atom. The summed E-state index contributed by atoms with van der Waals surface area (Å²) < 4.78 is 18.7. The first-order valence-electron chi connectivity index (χ1n) is 5.85. The number of aliphatic hydroxyl groups excluding tert-OH is 1. The van der Waals surface area contributed by atoms with E-state index in [4.69, 9.17) is 21.6 Å². The first-order valence-corrected chi connectivity index (χ1v) is 6.23. The fraction of sp³-hybridized carbons (Fsp3) is 0.133. The van der Waals surface area contributed by atoms with Gasteiger partial charge in [-0.2, -0.15) is 5.26 Å². The van der Waals surface area contributed by atoms with Crippen molar-refractivity contribution in [2.75, 3.05) is 0 Å². The second-order valence-electron chi connectivity index (χ2n) is 4.08. The van der Waals surface area contributed by atoms with Crippen LogP contribution in [0.2, 0.25) is 5.02 Å². The highest BCUT2D eigenvalue weighted by molar-refractivity contribution is 6.31. The molecule has 0 bridgehead atoms. The number of ether oxygens (including phenoxy) is 1. The lowest BCUT2D eigenvalue weighted by Gasteiger charge is -2.12. The number of aliphatic hydroxyl groups is 1. The van der Waals surface area contributed by atoms with Crippen LogP contribution in [-0.4, -0.2) is 5.11 Å². The molecular weight excluding hydrogens is 281 g/mol. The van der Waals surface area contributed by atoms with Gasteiger partial charge < -0.3 is 9.84 Å². The average Bonchev–Trinajstić information content (AvgIpc) is 2.45. The normalized spacial score (nSPS) is 10.1. The smallest absolute Gasteiger partial charge is 0.126 e. The van der Waals surface area contributed by atoms with Crippen LogP contribution in [0.3, 0.4) is 0 Å². The molecule has 20 heavy (non-hydrogen) atoms. The maximum atomic E-state index is 13.2. The summed E-state index contributed by atoms with van der Waals surface area (Å²) in [4.78, 5) is 0. The van der Waals surface area contributed by atoms with Gasteiger partial charge in [0.15, 0.2) is 0 Å². The molecule has 0 radical (unpaired) electrons. The Balaban J connectivity index is 2.24. The minimum Gasteiger partial charge on any atom is -0.488 e. The maximum absolute atomic E-state index is 13.2. The zero-order valence-electron chi connectivity index (χ0n) is 10.4. The number of hydrogen-bond acceptors (Lipinski definition) is 3. The van der Waals surface area contributed by atoms with Crippen molar-refractivity contribution in [3.63, 3.8) is 0 Å². The van der Waals surface area contributed by atoms with Crippen molar-refractivity contribution in [3.05, 3.63) is 63.9 Å². The minimum atomic E-state index is -0.434. The lowest BCUT2D eigenvalue weighted by molar-refractivity contribution is 0.259. The van der Waals surface area contributed by atoms with Crippen LogP contribution in [0, 0.1) is 17.1 Å². The highest BCUT2D eigenvalue weighted by atomic mass is 35.5. The van der Waals surface area contributed by atoms with Crippen molar-refractivity contribution in [2.24, 2.45) is 0 Å². The second-order valence-corrected chi connectivity index (χ2v) is 4.48. The van der Waals surface area contributed by atoms with Gasteiger partial charge in [-0.15, -0.1) is 0 Å². The van der Waals surface area contributed by atoms with Gasteiger partial charge in [-0.05, 0) is 30.3 Å². The largest absolute Gasteiger partial charge is 0.488 e. The first kappa shape index (κ1) is 14.3. The molecule has 0 aliphatic rings. The van der Waals surface area contributed by atoms with Gasteiger partial charge in [-0.25, -0.2) is 4.39 Å². The molecule has 0 aliphatic carbocycles. The third kappa shape index (κ3) is 3.08. The summed E-state index contributed by atoms with van der Waals surface area (Å²) in [6.07, 6.45) is 0. The van der Waals surface area contributed by atoms with E-state index in [1.54, 1.807) is 18.2 Å². The Morgan fingerprint density at radius 1 is 1.30 bits per heavy atom. The quantitative estimate of drug-likeness (QED) is 0.939. The summed E-state index contributed by atoms with van der Waals surface area (Å²) in [7, 11) is 0. The highest BCUT2D eigenvalue weighted by Crippen LogP contribution is 2.27. The topological polar surface area (TPSA) is 53.2 Å². The van der Waals surface area contributed by atoms with Gasteiger partial charge in [0, 0.05) is 16.1 Å². The molecule has 0 amide bonds. The van der Waals surface area contributed by atoms with E-state index in [9.17, 15) is 9.50 Å². The molecule has 2 aromatic carbocycles. The average molecular weight is 292 g/mol. The van der Waals surface area contributed by atoms with Crippen LogP contribution in [0.5, 0.6) is 5.75 Å². The van der Waals surface area contributed by atoms with Crippen molar-refractivity contribution in [1.82, 2.24) is 0 Å². The van der Waals surface area contributed by atoms with Crippen molar-refractivity contribution in [2.45, 2.75) is 13.2 Å². The van der Waals surface area contributed by atoms with Gasteiger partial charge in [0.05, 0.1) is 18.2 Å². The fourth-order valence-corrected chi connectivity index (χ4v) is 2.00. The Hall–Kier alpha value is -2.09. The van der Waals surface area contributed by atoms with E-state index in [0.717, 1.165) is 0 Å². The molecule has 1 N–H and O–H groups in total. The molecule has 0 heterocycles. The van der Waals surface area contributed by atoms with E-state index in [1.807, 2.05) is 6.07 Å². The molecule has 3 nitrogen and oxygen atoms in total. The molecule has 2 aromatic rings. The van der Waals surface area contributed by atoms with Crippen LogP contribution >= 0.6 is 11.6 Å². The number of nitriles is 1. The molecule has 0 spiro atoms. The lowest BCUT2D eigenvalue weighted by Crippen LogP contribution is -2.02. The lowest BCUT2D eigenvalue weighted by atomic mass is 10.1. The Labute approximate surface area is 120 Å². The second kappa shape index (κ2) is 6.38. The van der Waals surface area contributed by atoms with Crippen molar-refractivity contribution < 1.29 is 14.2 Å². The Bertz CT molecular complexity index is 667. The van der Waals surface area contributed by atoms with Gasteiger partial charge in [0.1, 0.15) is 18.2 Å². The third-order valence-corrected chi connectivity index (χ3v) is 3.16.